The summed E-state index contributed by atoms with van der Waals surface area (Å²) in [6, 6.07) is 6.55. The van der Waals surface area contributed by atoms with Crippen LogP contribution in [-0.2, 0) is 21.7 Å². The van der Waals surface area contributed by atoms with Crippen LogP contribution in [0.25, 0.3) is 0 Å². The van der Waals surface area contributed by atoms with Gasteiger partial charge in [-0.15, -0.1) is 0 Å². The van der Waals surface area contributed by atoms with E-state index in [1.165, 1.54) is 19.2 Å². The van der Waals surface area contributed by atoms with E-state index in [4.69, 9.17) is 39.5 Å². The maximum Gasteiger partial charge on any atom is 0.423 e. The average molecular weight is 579 g/mol. The normalized spacial score (nSPS) is 13.5. The molecule has 0 heterocycles. The van der Waals surface area contributed by atoms with Crippen LogP contribution in [0.2, 0.25) is 15.1 Å². The Morgan fingerprint density at radius 1 is 1.16 bits per heavy atom. The minimum Gasteiger partial charge on any atom is -0.384 e. The van der Waals surface area contributed by atoms with Crippen LogP contribution in [0.1, 0.15) is 17.5 Å². The van der Waals surface area contributed by atoms with Gasteiger partial charge in [-0.2, -0.15) is 13.2 Å². The highest BCUT2D eigenvalue weighted by Gasteiger charge is 2.55. The largest absolute Gasteiger partial charge is 0.423 e. The number of carbonyl (C=O) groups excluding carboxylic acids is 1. The second-order valence-corrected chi connectivity index (χ2v) is 8.84. The Morgan fingerprint density at radius 3 is 2.31 bits per heavy atom. The number of methoxy groups -OCH3 is 1. The third-order valence-electron chi connectivity index (χ3n) is 4.54. The number of rotatable bonds is 9. The first-order valence-electron chi connectivity index (χ1n) is 9.11. The van der Waals surface area contributed by atoms with Crippen molar-refractivity contribution in [3.8, 4) is 0 Å². The van der Waals surface area contributed by atoms with E-state index in [1.807, 2.05) is 0 Å². The first kappa shape index (κ1) is 27.0. The summed E-state index contributed by atoms with van der Waals surface area (Å²) in [5.74, 6) is -0.198. The highest BCUT2D eigenvalue weighted by molar-refractivity contribution is 9.10. The van der Waals surface area contributed by atoms with Crippen molar-refractivity contribution in [3.05, 3.63) is 61.0 Å². The molecule has 3 N–H and O–H groups in total. The third kappa shape index (κ3) is 6.65. The Hall–Kier alpha value is -1.23. The van der Waals surface area contributed by atoms with E-state index < -0.39 is 23.9 Å². The van der Waals surface area contributed by atoms with Gasteiger partial charge in [0, 0.05) is 30.2 Å². The van der Waals surface area contributed by atoms with Gasteiger partial charge in [0.25, 0.3) is 0 Å². The molecule has 0 saturated carbocycles. The highest BCUT2D eigenvalue weighted by atomic mass is 79.9. The molecular formula is C20H19BrCl3F3N2O3. The highest BCUT2D eigenvalue weighted by Crippen LogP contribution is 2.43. The van der Waals surface area contributed by atoms with E-state index >= 15 is 0 Å². The summed E-state index contributed by atoms with van der Waals surface area (Å²) in [6.07, 6.45) is -4.83. The minimum absolute atomic E-state index is 0.108. The SMILES string of the molecule is COCCC(=O)NCc1ccc(NC[C@](O)(c2cc(Cl)c(Cl)c(Cl)c2)C(F)(F)F)cc1Br. The van der Waals surface area contributed by atoms with Gasteiger partial charge in [0.1, 0.15) is 0 Å². The molecule has 12 heteroatoms. The van der Waals surface area contributed by atoms with E-state index in [1.54, 1.807) is 6.07 Å². The Bertz CT molecular complexity index is 956. The van der Waals surface area contributed by atoms with Crippen LogP contribution in [0.5, 0.6) is 0 Å². The number of aliphatic hydroxyl groups is 1. The standard InChI is InChI=1S/C20H19BrCl3F3N2O3/c1-32-5-4-17(30)28-9-11-2-3-13(8-14(11)21)29-10-19(31,20(25,26)27)12-6-15(22)18(24)16(23)7-12/h2-3,6-8,29,31H,4-5,9-10H2,1H3,(H,28,30)/t19-/m0/s1. The molecule has 0 aliphatic carbocycles. The number of halogens is 7. The van der Waals surface area contributed by atoms with Crippen LogP contribution in [0.15, 0.2) is 34.8 Å². The maximum atomic E-state index is 13.8. The van der Waals surface area contributed by atoms with Gasteiger partial charge < -0.3 is 20.5 Å². The zero-order valence-electron chi connectivity index (χ0n) is 16.6. The molecular weight excluding hydrogens is 559 g/mol. The van der Waals surface area contributed by atoms with Gasteiger partial charge in [0.2, 0.25) is 11.5 Å². The molecule has 5 nitrogen and oxygen atoms in total. The van der Waals surface area contributed by atoms with Crippen molar-refractivity contribution in [3.63, 3.8) is 0 Å². The monoisotopic (exact) mass is 576 g/mol. The van der Waals surface area contributed by atoms with E-state index in [-0.39, 0.29) is 33.9 Å². The molecule has 1 atom stereocenters. The summed E-state index contributed by atoms with van der Waals surface area (Å²) in [6.45, 7) is -0.399. The number of hydrogen-bond donors (Lipinski definition) is 3. The van der Waals surface area contributed by atoms with Crippen molar-refractivity contribution in [1.82, 2.24) is 5.32 Å². The summed E-state index contributed by atoms with van der Waals surface area (Å²) in [4.78, 5) is 11.7. The van der Waals surface area contributed by atoms with Gasteiger partial charge in [-0.1, -0.05) is 56.8 Å². The summed E-state index contributed by atoms with van der Waals surface area (Å²) in [7, 11) is 1.49. The fourth-order valence-corrected chi connectivity index (χ4v) is 3.78. The summed E-state index contributed by atoms with van der Waals surface area (Å²) in [5, 5.41) is 15.3. The molecule has 2 rings (SSSR count). The number of nitrogens with one attached hydrogen (secondary N) is 2. The first-order chi connectivity index (χ1) is 14.9. The molecule has 0 fully saturated rings. The van der Waals surface area contributed by atoms with E-state index in [9.17, 15) is 23.1 Å². The van der Waals surface area contributed by atoms with Crippen LogP contribution in [-0.4, -0.2) is 37.5 Å². The zero-order valence-corrected chi connectivity index (χ0v) is 20.5. The fraction of sp³-hybridized carbons (Fsp3) is 0.350. The minimum atomic E-state index is -5.04. The molecule has 0 radical (unpaired) electrons. The molecule has 176 valence electrons. The predicted molar refractivity (Wildman–Crippen MR) is 122 cm³/mol. The molecule has 32 heavy (non-hydrogen) atoms. The van der Waals surface area contributed by atoms with E-state index in [0.717, 1.165) is 12.1 Å². The van der Waals surface area contributed by atoms with Crippen molar-refractivity contribution in [1.29, 1.82) is 0 Å². The number of carbonyl (C=O) groups is 1. The second-order valence-electron chi connectivity index (χ2n) is 6.79. The number of amides is 1. The summed E-state index contributed by atoms with van der Waals surface area (Å²) >= 11 is 20.8. The summed E-state index contributed by atoms with van der Waals surface area (Å²) < 4.78 is 46.8. The average Bonchev–Trinajstić information content (AvgIpc) is 2.72. The Balaban J connectivity index is 2.17. The zero-order chi connectivity index (χ0) is 24.1. The molecule has 0 aliphatic rings. The number of hydrogen-bond acceptors (Lipinski definition) is 4. The van der Waals surface area contributed by atoms with Gasteiger partial charge >= 0.3 is 6.18 Å². The summed E-state index contributed by atoms with van der Waals surface area (Å²) in [5.41, 5.74) is -2.82. The van der Waals surface area contributed by atoms with Gasteiger partial charge in [-0.05, 0) is 35.4 Å². The Labute approximate surface area is 206 Å². The molecule has 1 amide bonds. The fourth-order valence-electron chi connectivity index (χ4n) is 2.67. The smallest absolute Gasteiger partial charge is 0.384 e. The molecule has 2 aromatic carbocycles. The maximum absolute atomic E-state index is 13.8. The van der Waals surface area contributed by atoms with Crippen molar-refractivity contribution in [2.75, 3.05) is 25.6 Å². The quantitative estimate of drug-likeness (QED) is 0.323. The molecule has 0 aliphatic heterocycles. The molecule has 0 saturated heterocycles. The molecule has 0 aromatic heterocycles. The molecule has 0 unspecified atom stereocenters. The lowest BCUT2D eigenvalue weighted by Crippen LogP contribution is -2.47. The lowest BCUT2D eigenvalue weighted by atomic mass is 9.92. The second kappa shape index (κ2) is 11.3. The number of benzene rings is 2. The van der Waals surface area contributed by atoms with Crippen LogP contribution in [0, 0.1) is 0 Å². The lowest BCUT2D eigenvalue weighted by Gasteiger charge is -2.32. The first-order valence-corrected chi connectivity index (χ1v) is 11.0. The number of anilines is 1. The topological polar surface area (TPSA) is 70.6 Å². The van der Waals surface area contributed by atoms with Crippen molar-refractivity contribution in [2.45, 2.75) is 24.7 Å². The van der Waals surface area contributed by atoms with Crippen LogP contribution in [0.3, 0.4) is 0 Å². The third-order valence-corrected chi connectivity index (χ3v) is 6.48. The van der Waals surface area contributed by atoms with Crippen molar-refractivity contribution < 1.29 is 27.8 Å². The Morgan fingerprint density at radius 2 is 1.78 bits per heavy atom. The molecule has 0 spiro atoms. The predicted octanol–water partition coefficient (Wildman–Crippen LogP) is 5.92. The molecule has 0 bridgehead atoms. The molecule has 2 aromatic rings. The van der Waals surface area contributed by atoms with Gasteiger partial charge in [0.15, 0.2) is 0 Å². The lowest BCUT2D eigenvalue weighted by molar-refractivity contribution is -0.260. The number of ether oxygens (including phenoxy) is 1. The van der Waals surface area contributed by atoms with Gasteiger partial charge in [-0.3, -0.25) is 4.79 Å². The number of alkyl halides is 3. The van der Waals surface area contributed by atoms with E-state index in [2.05, 4.69) is 26.6 Å². The van der Waals surface area contributed by atoms with E-state index in [0.29, 0.717) is 22.3 Å². The van der Waals surface area contributed by atoms with Crippen molar-refractivity contribution >= 4 is 62.3 Å². The van der Waals surface area contributed by atoms with Crippen LogP contribution in [0.4, 0.5) is 18.9 Å². The van der Waals surface area contributed by atoms with Crippen molar-refractivity contribution in [2.24, 2.45) is 0 Å². The van der Waals surface area contributed by atoms with Crippen LogP contribution < -0.4 is 10.6 Å². The Kier molecular flexibility index (Phi) is 9.51. The van der Waals surface area contributed by atoms with Gasteiger partial charge in [-0.25, -0.2) is 0 Å². The van der Waals surface area contributed by atoms with Gasteiger partial charge in [0.05, 0.1) is 28.2 Å². The van der Waals surface area contributed by atoms with Crippen LogP contribution >= 0.6 is 50.7 Å².